The van der Waals surface area contributed by atoms with Crippen LogP contribution >= 0.6 is 0 Å². The Labute approximate surface area is 112 Å². The Bertz CT molecular complexity index is 560. The van der Waals surface area contributed by atoms with Crippen molar-refractivity contribution in [3.63, 3.8) is 0 Å². The van der Waals surface area contributed by atoms with Gasteiger partial charge in [-0.25, -0.2) is 19.6 Å². The van der Waals surface area contributed by atoms with Crippen LogP contribution in [-0.2, 0) is 6.54 Å². The molecule has 1 atom stereocenters. The van der Waals surface area contributed by atoms with Crippen LogP contribution in [0.3, 0.4) is 0 Å². The van der Waals surface area contributed by atoms with Crippen LogP contribution in [0.5, 0.6) is 0 Å². The van der Waals surface area contributed by atoms with Crippen molar-refractivity contribution in [2.45, 2.75) is 39.3 Å². The first-order chi connectivity index (χ1) is 9.28. The van der Waals surface area contributed by atoms with E-state index in [0.29, 0.717) is 11.9 Å². The molecule has 1 aliphatic carbocycles. The lowest BCUT2D eigenvalue weighted by molar-refractivity contribution is 0.543. The summed E-state index contributed by atoms with van der Waals surface area (Å²) in [5.74, 6) is 2.26. The Morgan fingerprint density at radius 2 is 2.26 bits per heavy atom. The van der Waals surface area contributed by atoms with E-state index in [1.165, 1.54) is 12.8 Å². The molecule has 0 amide bonds. The van der Waals surface area contributed by atoms with E-state index >= 15 is 0 Å². The molecule has 1 unspecified atom stereocenters. The van der Waals surface area contributed by atoms with E-state index in [4.69, 9.17) is 0 Å². The molecule has 19 heavy (non-hydrogen) atoms. The zero-order valence-electron chi connectivity index (χ0n) is 11.2. The summed E-state index contributed by atoms with van der Waals surface area (Å²) in [5, 5.41) is 7.66. The summed E-state index contributed by atoms with van der Waals surface area (Å²) >= 11 is 0. The minimum Gasteiger partial charge on any atom is -0.344 e. The number of hydrogen-bond donors (Lipinski definition) is 1. The molecule has 1 saturated carbocycles. The Morgan fingerprint density at radius 3 is 2.95 bits per heavy atom. The average Bonchev–Trinajstić information content (AvgIpc) is 3.13. The van der Waals surface area contributed by atoms with Crippen molar-refractivity contribution in [2.75, 3.05) is 5.32 Å². The number of nitrogens with one attached hydrogen (secondary N) is 1. The van der Waals surface area contributed by atoms with Crippen LogP contribution in [0.2, 0.25) is 0 Å². The normalized spacial score (nSPS) is 16.3. The van der Waals surface area contributed by atoms with E-state index < -0.39 is 0 Å². The smallest absolute Gasteiger partial charge is 0.223 e. The Kier molecular flexibility index (Phi) is 3.15. The molecular weight excluding hydrogens is 240 g/mol. The predicted molar refractivity (Wildman–Crippen MR) is 71.6 cm³/mol. The van der Waals surface area contributed by atoms with Crippen LogP contribution in [0.4, 0.5) is 5.95 Å². The minimum atomic E-state index is 0.157. The van der Waals surface area contributed by atoms with Crippen LogP contribution in [0.1, 0.15) is 37.3 Å². The molecule has 1 fully saturated rings. The van der Waals surface area contributed by atoms with Gasteiger partial charge in [0.1, 0.15) is 12.2 Å². The highest BCUT2D eigenvalue weighted by atomic mass is 15.3. The quantitative estimate of drug-likeness (QED) is 0.887. The molecule has 6 nitrogen and oxygen atoms in total. The maximum atomic E-state index is 4.41. The van der Waals surface area contributed by atoms with Crippen molar-refractivity contribution in [1.82, 2.24) is 24.7 Å². The van der Waals surface area contributed by atoms with E-state index in [1.807, 2.05) is 17.7 Å². The number of aromatic nitrogens is 5. The van der Waals surface area contributed by atoms with Gasteiger partial charge in [-0.15, -0.1) is 0 Å². The van der Waals surface area contributed by atoms with Crippen LogP contribution in [-0.4, -0.2) is 24.7 Å². The molecule has 2 heterocycles. The second kappa shape index (κ2) is 4.95. The van der Waals surface area contributed by atoms with E-state index in [9.17, 15) is 0 Å². The molecular formula is C13H18N6. The Hall–Kier alpha value is -1.98. The fourth-order valence-corrected chi connectivity index (χ4v) is 2.24. The number of rotatable bonds is 5. The van der Waals surface area contributed by atoms with Gasteiger partial charge >= 0.3 is 0 Å². The van der Waals surface area contributed by atoms with E-state index in [0.717, 1.165) is 18.1 Å². The first-order valence-corrected chi connectivity index (χ1v) is 6.72. The average molecular weight is 258 g/mol. The van der Waals surface area contributed by atoms with Crippen LogP contribution < -0.4 is 5.32 Å². The molecule has 3 rings (SSSR count). The zero-order chi connectivity index (χ0) is 13.2. The number of hydrogen-bond acceptors (Lipinski definition) is 5. The zero-order valence-corrected chi connectivity index (χ0v) is 11.2. The van der Waals surface area contributed by atoms with Crippen molar-refractivity contribution in [3.8, 4) is 0 Å². The summed E-state index contributed by atoms with van der Waals surface area (Å²) < 4.78 is 1.94. The number of nitrogens with zero attached hydrogens (tertiary/aromatic N) is 5. The summed E-state index contributed by atoms with van der Waals surface area (Å²) in [6, 6.07) is 2.05. The molecule has 6 heteroatoms. The minimum absolute atomic E-state index is 0.157. The molecule has 0 bridgehead atoms. The topological polar surface area (TPSA) is 68.5 Å². The van der Waals surface area contributed by atoms with Gasteiger partial charge in [0, 0.05) is 18.4 Å². The highest BCUT2D eigenvalue weighted by Crippen LogP contribution is 2.41. The van der Waals surface area contributed by atoms with Crippen molar-refractivity contribution in [2.24, 2.45) is 5.92 Å². The second-order valence-electron chi connectivity index (χ2n) is 4.92. The lowest BCUT2D eigenvalue weighted by Crippen LogP contribution is -2.20. The molecule has 0 aliphatic heterocycles. The molecule has 1 aliphatic rings. The first kappa shape index (κ1) is 12.1. The highest BCUT2D eigenvalue weighted by molar-refractivity contribution is 5.29. The maximum absolute atomic E-state index is 4.41. The second-order valence-corrected chi connectivity index (χ2v) is 4.92. The van der Waals surface area contributed by atoms with Crippen molar-refractivity contribution in [1.29, 1.82) is 0 Å². The molecule has 100 valence electrons. The monoisotopic (exact) mass is 258 g/mol. The van der Waals surface area contributed by atoms with E-state index in [2.05, 4.69) is 32.3 Å². The summed E-state index contributed by atoms with van der Waals surface area (Å²) in [6.07, 6.45) is 5.84. The lowest BCUT2D eigenvalue weighted by Gasteiger charge is -2.18. The molecule has 0 spiro atoms. The summed E-state index contributed by atoms with van der Waals surface area (Å²) in [6.45, 7) is 4.87. The molecule has 2 aromatic rings. The third-order valence-electron chi connectivity index (χ3n) is 3.40. The lowest BCUT2D eigenvalue weighted by atomic mass is 10.1. The molecule has 0 aromatic carbocycles. The van der Waals surface area contributed by atoms with Gasteiger partial charge in [0.25, 0.3) is 0 Å². The van der Waals surface area contributed by atoms with Gasteiger partial charge in [0.15, 0.2) is 0 Å². The first-order valence-electron chi connectivity index (χ1n) is 6.72. The summed E-state index contributed by atoms with van der Waals surface area (Å²) in [5.41, 5.74) is 0.962. The third kappa shape index (κ3) is 2.57. The SMILES string of the molecule is CCn1ncnc1C(Nc1nccc(C)n1)C1CC1. The van der Waals surface area contributed by atoms with Crippen LogP contribution in [0, 0.1) is 12.8 Å². The van der Waals surface area contributed by atoms with Gasteiger partial charge in [0.2, 0.25) is 5.95 Å². The third-order valence-corrected chi connectivity index (χ3v) is 3.40. The number of anilines is 1. The Morgan fingerprint density at radius 1 is 1.42 bits per heavy atom. The van der Waals surface area contributed by atoms with Gasteiger partial charge in [-0.3, -0.25) is 0 Å². The largest absolute Gasteiger partial charge is 0.344 e. The summed E-state index contributed by atoms with van der Waals surface area (Å²) in [4.78, 5) is 13.1. The standard InChI is InChI=1S/C13H18N6/c1-3-19-12(15-8-16-19)11(10-4-5-10)18-13-14-7-6-9(2)17-13/h6-8,10-11H,3-5H2,1-2H3,(H,14,17,18). The summed E-state index contributed by atoms with van der Waals surface area (Å²) in [7, 11) is 0. The highest BCUT2D eigenvalue weighted by Gasteiger charge is 2.35. The van der Waals surface area contributed by atoms with Gasteiger partial charge in [-0.1, -0.05) is 0 Å². The predicted octanol–water partition coefficient (Wildman–Crippen LogP) is 1.96. The van der Waals surface area contributed by atoms with Crippen LogP contribution in [0.25, 0.3) is 0 Å². The molecule has 0 saturated heterocycles. The van der Waals surface area contributed by atoms with Crippen molar-refractivity contribution < 1.29 is 0 Å². The molecule has 2 aromatic heterocycles. The molecule has 0 radical (unpaired) electrons. The fraction of sp³-hybridized carbons (Fsp3) is 0.538. The van der Waals surface area contributed by atoms with Crippen LogP contribution in [0.15, 0.2) is 18.6 Å². The van der Waals surface area contributed by atoms with Gasteiger partial charge < -0.3 is 5.32 Å². The van der Waals surface area contributed by atoms with Crippen molar-refractivity contribution in [3.05, 3.63) is 30.1 Å². The van der Waals surface area contributed by atoms with Gasteiger partial charge in [-0.2, -0.15) is 5.10 Å². The molecule has 1 N–H and O–H groups in total. The van der Waals surface area contributed by atoms with E-state index in [1.54, 1.807) is 12.5 Å². The van der Waals surface area contributed by atoms with Crippen molar-refractivity contribution >= 4 is 5.95 Å². The van der Waals surface area contributed by atoms with Gasteiger partial charge in [-0.05, 0) is 38.7 Å². The van der Waals surface area contributed by atoms with E-state index in [-0.39, 0.29) is 6.04 Å². The Balaban J connectivity index is 1.86. The number of aryl methyl sites for hydroxylation is 2. The maximum Gasteiger partial charge on any atom is 0.223 e. The fourth-order valence-electron chi connectivity index (χ4n) is 2.24. The van der Waals surface area contributed by atoms with Gasteiger partial charge in [0.05, 0.1) is 6.04 Å².